The van der Waals surface area contributed by atoms with E-state index in [0.717, 1.165) is 31.6 Å². The second-order valence-corrected chi connectivity index (χ2v) is 13.2. The van der Waals surface area contributed by atoms with Crippen molar-refractivity contribution in [1.82, 2.24) is 0 Å². The number of hydrogen-bond donors (Lipinski definition) is 1. The number of carbonyl (C=O) groups excluding carboxylic acids is 1. The molecule has 212 valence electrons. The molecular formula is C33H29N2O5S2+. The Morgan fingerprint density at radius 1 is 1.00 bits per heavy atom. The lowest BCUT2D eigenvalue weighted by atomic mass is 9.96. The Hall–Kier alpha value is -4.05. The van der Waals surface area contributed by atoms with Gasteiger partial charge in [0.25, 0.3) is 21.6 Å². The summed E-state index contributed by atoms with van der Waals surface area (Å²) in [5, 5.41) is 2.59. The summed E-state index contributed by atoms with van der Waals surface area (Å²) in [6, 6.07) is 26.3. The number of nitrogens with zero attached hydrogens (tertiary/aromatic N) is 2. The van der Waals surface area contributed by atoms with E-state index in [4.69, 9.17) is 4.74 Å². The minimum absolute atomic E-state index is 0.134. The molecule has 1 N–H and O–H groups in total. The summed E-state index contributed by atoms with van der Waals surface area (Å²) < 4.78 is 41.0. The molecule has 2 heterocycles. The van der Waals surface area contributed by atoms with Crippen molar-refractivity contribution in [3.05, 3.63) is 95.0 Å². The van der Waals surface area contributed by atoms with Gasteiger partial charge in [-0.1, -0.05) is 48.1 Å². The van der Waals surface area contributed by atoms with Gasteiger partial charge in [0, 0.05) is 40.9 Å². The Bertz CT molecular complexity index is 1970. The van der Waals surface area contributed by atoms with Gasteiger partial charge < -0.3 is 9.64 Å². The van der Waals surface area contributed by atoms with Gasteiger partial charge in [-0.2, -0.15) is 13.0 Å². The Kier molecular flexibility index (Phi) is 6.80. The van der Waals surface area contributed by atoms with Gasteiger partial charge in [-0.25, -0.2) is 0 Å². The number of benzene rings is 4. The number of fused-ring (bicyclic) bond motifs is 6. The molecule has 1 aromatic heterocycles. The van der Waals surface area contributed by atoms with Gasteiger partial charge in [0.1, 0.15) is 11.3 Å². The number of thiazole rings is 1. The van der Waals surface area contributed by atoms with Crippen LogP contribution in [0.4, 0.5) is 11.4 Å². The SMILES string of the molecule is O=COCC[n+]1c(/C=C/c2ccc3c(c2)C2CCCC2N3c2ccccc2)sc2c3ccc(S(=O)(=O)O)cc3ccc21. The first-order valence-corrected chi connectivity index (χ1v) is 16.3. The van der Waals surface area contributed by atoms with Gasteiger partial charge >= 0.3 is 0 Å². The first-order chi connectivity index (χ1) is 20.4. The van der Waals surface area contributed by atoms with Gasteiger partial charge in [0.15, 0.2) is 6.54 Å². The fourth-order valence-corrected chi connectivity index (χ4v) is 8.38. The highest BCUT2D eigenvalue weighted by Crippen LogP contribution is 2.52. The average Bonchev–Trinajstić information content (AvgIpc) is 3.69. The quantitative estimate of drug-likeness (QED) is 0.0925. The standard InChI is InChI=1S/C33H28N2O5S2/c36-21-40-18-17-34-31-15-11-23-20-25(42(37,38)39)12-13-26(23)33(31)41-32(34)16-10-22-9-14-30-28(19-22)27-7-4-8-29(27)35(30)24-5-2-1-3-6-24/h1-3,5-6,9-16,19-21,27,29H,4,7-8,17-18H2/p+1. The maximum atomic E-state index is 11.7. The topological polar surface area (TPSA) is 87.8 Å². The molecule has 0 saturated heterocycles. The number of carbonyl (C=O) groups is 1. The van der Waals surface area contributed by atoms with Crippen molar-refractivity contribution in [2.45, 2.75) is 42.7 Å². The molecule has 2 unspecified atom stereocenters. The van der Waals surface area contributed by atoms with E-state index < -0.39 is 10.1 Å². The maximum absolute atomic E-state index is 11.7. The lowest BCUT2D eigenvalue weighted by molar-refractivity contribution is -0.669. The summed E-state index contributed by atoms with van der Waals surface area (Å²) in [6.45, 7) is 1.17. The lowest BCUT2D eigenvalue weighted by Gasteiger charge is -2.27. The van der Waals surface area contributed by atoms with Crippen LogP contribution in [0.5, 0.6) is 0 Å². The van der Waals surface area contributed by atoms with E-state index in [2.05, 4.69) is 70.1 Å². The second kappa shape index (κ2) is 10.7. The van der Waals surface area contributed by atoms with E-state index in [9.17, 15) is 17.8 Å². The van der Waals surface area contributed by atoms with Crippen molar-refractivity contribution in [1.29, 1.82) is 0 Å². The molecule has 1 saturated carbocycles. The van der Waals surface area contributed by atoms with Crippen LogP contribution in [0.2, 0.25) is 0 Å². The molecule has 7 nitrogen and oxygen atoms in total. The minimum atomic E-state index is -4.30. The van der Waals surface area contributed by atoms with Crippen molar-refractivity contribution in [2.75, 3.05) is 11.5 Å². The third kappa shape index (κ3) is 4.67. The van der Waals surface area contributed by atoms with Crippen LogP contribution in [0.3, 0.4) is 0 Å². The molecule has 9 heteroatoms. The number of aromatic nitrogens is 1. The van der Waals surface area contributed by atoms with Crippen LogP contribution in [-0.2, 0) is 26.2 Å². The van der Waals surface area contributed by atoms with Crippen LogP contribution in [0.1, 0.15) is 41.3 Å². The monoisotopic (exact) mass is 597 g/mol. The first-order valence-electron chi connectivity index (χ1n) is 14.0. The highest BCUT2D eigenvalue weighted by atomic mass is 32.2. The molecule has 0 radical (unpaired) electrons. The second-order valence-electron chi connectivity index (χ2n) is 10.8. The molecule has 2 atom stereocenters. The van der Waals surface area contributed by atoms with Crippen molar-refractivity contribution in [2.24, 2.45) is 0 Å². The predicted octanol–water partition coefficient (Wildman–Crippen LogP) is 6.72. The fraction of sp³-hybridized carbons (Fsp3) is 0.212. The van der Waals surface area contributed by atoms with Gasteiger partial charge in [0.05, 0.1) is 4.90 Å². The Morgan fingerprint density at radius 2 is 1.86 bits per heavy atom. The summed E-state index contributed by atoms with van der Waals surface area (Å²) in [4.78, 5) is 13.2. The van der Waals surface area contributed by atoms with Gasteiger partial charge in [-0.15, -0.1) is 0 Å². The van der Waals surface area contributed by atoms with Crippen LogP contribution < -0.4 is 9.47 Å². The third-order valence-electron chi connectivity index (χ3n) is 8.46. The number of anilines is 2. The van der Waals surface area contributed by atoms with Crippen LogP contribution in [0.25, 0.3) is 33.1 Å². The average molecular weight is 598 g/mol. The molecule has 7 rings (SSSR count). The van der Waals surface area contributed by atoms with Crippen molar-refractivity contribution in [3.8, 4) is 0 Å². The van der Waals surface area contributed by atoms with Crippen molar-refractivity contribution >= 4 is 72.4 Å². The molecule has 2 aliphatic rings. The van der Waals surface area contributed by atoms with E-state index in [1.807, 2.05) is 12.1 Å². The number of hydrogen-bond acceptors (Lipinski definition) is 6. The molecule has 0 bridgehead atoms. The molecule has 0 spiro atoms. The Balaban J connectivity index is 1.28. The highest BCUT2D eigenvalue weighted by molar-refractivity contribution is 7.85. The zero-order chi connectivity index (χ0) is 28.8. The van der Waals surface area contributed by atoms with E-state index >= 15 is 0 Å². The van der Waals surface area contributed by atoms with Crippen LogP contribution in [0, 0.1) is 0 Å². The normalized spacial score (nSPS) is 18.2. The summed E-state index contributed by atoms with van der Waals surface area (Å²) in [7, 11) is -4.30. The zero-order valence-electron chi connectivity index (χ0n) is 22.7. The Labute approximate surface area is 248 Å². The molecule has 0 amide bonds. The molecule has 42 heavy (non-hydrogen) atoms. The van der Waals surface area contributed by atoms with E-state index in [1.165, 1.54) is 48.3 Å². The predicted molar refractivity (Wildman–Crippen MR) is 166 cm³/mol. The van der Waals surface area contributed by atoms with Crippen LogP contribution in [0.15, 0.2) is 83.8 Å². The molecule has 1 aliphatic heterocycles. The largest absolute Gasteiger partial charge is 0.461 e. The number of ether oxygens (including phenoxy) is 1. The van der Waals surface area contributed by atoms with Crippen LogP contribution in [-0.4, -0.2) is 32.1 Å². The lowest BCUT2D eigenvalue weighted by Crippen LogP contribution is -2.37. The van der Waals surface area contributed by atoms with E-state index in [-0.39, 0.29) is 11.5 Å². The first kappa shape index (κ1) is 26.8. The zero-order valence-corrected chi connectivity index (χ0v) is 24.4. The molecule has 1 fully saturated rings. The molecule has 4 aromatic carbocycles. The smallest absolute Gasteiger partial charge is 0.294 e. The van der Waals surface area contributed by atoms with Gasteiger partial charge in [-0.3, -0.25) is 9.35 Å². The molecular weight excluding hydrogens is 569 g/mol. The summed E-state index contributed by atoms with van der Waals surface area (Å²) in [5.41, 5.74) is 6.04. The Morgan fingerprint density at radius 3 is 2.67 bits per heavy atom. The van der Waals surface area contributed by atoms with E-state index in [1.54, 1.807) is 17.4 Å². The van der Waals surface area contributed by atoms with E-state index in [0.29, 0.717) is 25.0 Å². The van der Waals surface area contributed by atoms with Crippen molar-refractivity contribution < 1.29 is 27.1 Å². The van der Waals surface area contributed by atoms with Crippen LogP contribution >= 0.6 is 11.3 Å². The number of rotatable bonds is 8. The summed E-state index contributed by atoms with van der Waals surface area (Å²) >= 11 is 1.59. The minimum Gasteiger partial charge on any atom is -0.461 e. The highest BCUT2D eigenvalue weighted by Gasteiger charge is 2.42. The fourth-order valence-electron chi connectivity index (χ4n) is 6.64. The molecule has 1 aliphatic carbocycles. The maximum Gasteiger partial charge on any atom is 0.294 e. The van der Waals surface area contributed by atoms with Crippen molar-refractivity contribution in [3.63, 3.8) is 0 Å². The summed E-state index contributed by atoms with van der Waals surface area (Å²) in [6.07, 6.45) is 7.87. The molecule has 5 aromatic rings. The van der Waals surface area contributed by atoms with Gasteiger partial charge in [-0.05, 0) is 77.9 Å². The summed E-state index contributed by atoms with van der Waals surface area (Å²) in [5.74, 6) is 0.530. The third-order valence-corrected chi connectivity index (χ3v) is 10.5. The number of para-hydroxylation sites is 1. The van der Waals surface area contributed by atoms with Gasteiger partial charge in [0.2, 0.25) is 5.52 Å².